The number of methoxy groups -OCH3 is 1. The quantitative estimate of drug-likeness (QED) is 0.335. The Balaban J connectivity index is 3.44. The minimum Gasteiger partial charge on any atom is -0.496 e. The zero-order valence-corrected chi connectivity index (χ0v) is 7.35. The summed E-state index contributed by atoms with van der Waals surface area (Å²) in [6.07, 6.45) is 0. The van der Waals surface area contributed by atoms with Crippen molar-refractivity contribution in [2.75, 3.05) is 12.8 Å². The Hall–Kier alpha value is -2.29. The molecule has 0 heterocycles. The van der Waals surface area contributed by atoms with E-state index in [0.29, 0.717) is 0 Å². The van der Waals surface area contributed by atoms with Gasteiger partial charge in [-0.25, -0.2) is 4.85 Å². The molecule has 0 amide bonds. The molecular weight excluding hydrogens is 186 g/mol. The number of rotatable bonds is 2. The summed E-state index contributed by atoms with van der Waals surface area (Å²) in [5.74, 6) is 0.144. The Morgan fingerprint density at radius 2 is 2.29 bits per heavy atom. The molecule has 0 aliphatic rings. The van der Waals surface area contributed by atoms with Crippen molar-refractivity contribution in [1.82, 2.24) is 0 Å². The first-order chi connectivity index (χ1) is 6.60. The molecule has 0 atom stereocenters. The van der Waals surface area contributed by atoms with E-state index in [4.69, 9.17) is 17.0 Å². The molecule has 72 valence electrons. The van der Waals surface area contributed by atoms with Crippen LogP contribution in [0.2, 0.25) is 0 Å². The van der Waals surface area contributed by atoms with Crippen LogP contribution in [0.25, 0.3) is 4.85 Å². The van der Waals surface area contributed by atoms with Gasteiger partial charge in [-0.2, -0.15) is 0 Å². The number of nitro benzene ring substituents is 1. The van der Waals surface area contributed by atoms with Gasteiger partial charge >= 0.3 is 0 Å². The number of nitrogens with zero attached hydrogens (tertiary/aromatic N) is 2. The van der Waals surface area contributed by atoms with Crippen LogP contribution in [0, 0.1) is 16.7 Å². The third-order valence-corrected chi connectivity index (χ3v) is 1.65. The van der Waals surface area contributed by atoms with Gasteiger partial charge in [0, 0.05) is 6.07 Å². The van der Waals surface area contributed by atoms with E-state index < -0.39 is 4.92 Å². The molecule has 1 rings (SSSR count). The van der Waals surface area contributed by atoms with Crippen LogP contribution in [-0.4, -0.2) is 12.0 Å². The molecule has 2 N–H and O–H groups in total. The smallest absolute Gasteiger partial charge is 0.285 e. The predicted octanol–water partition coefficient (Wildman–Crippen LogP) is 1.74. The molecular formula is C8H7N3O3. The van der Waals surface area contributed by atoms with Crippen LogP contribution in [0.4, 0.5) is 17.1 Å². The highest BCUT2D eigenvalue weighted by Crippen LogP contribution is 2.35. The second-order valence-corrected chi connectivity index (χ2v) is 2.45. The zero-order chi connectivity index (χ0) is 10.7. The first-order valence-corrected chi connectivity index (χ1v) is 3.59. The minimum absolute atomic E-state index is 0.0649. The number of benzene rings is 1. The average molecular weight is 193 g/mol. The van der Waals surface area contributed by atoms with Crippen LogP contribution in [0.1, 0.15) is 0 Å². The summed E-state index contributed by atoms with van der Waals surface area (Å²) in [5.41, 5.74) is 5.20. The van der Waals surface area contributed by atoms with Crippen LogP contribution in [0.3, 0.4) is 0 Å². The van der Waals surface area contributed by atoms with E-state index in [2.05, 4.69) is 4.85 Å². The van der Waals surface area contributed by atoms with Crippen LogP contribution >= 0.6 is 0 Å². The predicted molar refractivity (Wildman–Crippen MR) is 50.3 cm³/mol. The molecule has 0 unspecified atom stereocenters. The standard InChI is InChI=1S/C8H7N3O3/c1-10-5-3-6(11(12)13)8(9)7(4-5)14-2/h3-4H,9H2,2H3. The first-order valence-electron chi connectivity index (χ1n) is 3.59. The van der Waals surface area contributed by atoms with Crippen LogP contribution < -0.4 is 10.5 Å². The molecule has 6 heteroatoms. The fourth-order valence-electron chi connectivity index (χ4n) is 0.982. The van der Waals surface area contributed by atoms with Gasteiger partial charge in [0.05, 0.1) is 18.6 Å². The Labute approximate surface area is 79.9 Å². The molecule has 0 aliphatic heterocycles. The maximum absolute atomic E-state index is 10.5. The zero-order valence-electron chi connectivity index (χ0n) is 7.35. The highest BCUT2D eigenvalue weighted by Gasteiger charge is 2.17. The van der Waals surface area contributed by atoms with Crippen LogP contribution in [0.15, 0.2) is 12.1 Å². The molecule has 0 radical (unpaired) electrons. The van der Waals surface area contributed by atoms with Crippen molar-refractivity contribution in [3.63, 3.8) is 0 Å². The van der Waals surface area contributed by atoms with Gasteiger partial charge in [0.15, 0.2) is 11.4 Å². The maximum atomic E-state index is 10.5. The number of ether oxygens (including phenoxy) is 1. The summed E-state index contributed by atoms with van der Waals surface area (Å²) >= 11 is 0. The van der Waals surface area contributed by atoms with E-state index in [1.54, 1.807) is 0 Å². The van der Waals surface area contributed by atoms with Crippen LogP contribution in [0.5, 0.6) is 5.75 Å². The Kier molecular flexibility index (Phi) is 2.53. The lowest BCUT2D eigenvalue weighted by Gasteiger charge is -2.04. The molecule has 0 spiro atoms. The highest BCUT2D eigenvalue weighted by molar-refractivity contribution is 5.73. The van der Waals surface area contributed by atoms with Gasteiger partial charge in [0.1, 0.15) is 5.75 Å². The second kappa shape index (κ2) is 3.62. The van der Waals surface area contributed by atoms with E-state index in [9.17, 15) is 10.1 Å². The average Bonchev–Trinajstić information content (AvgIpc) is 2.17. The molecule has 1 aromatic carbocycles. The van der Waals surface area contributed by atoms with Gasteiger partial charge in [-0.1, -0.05) is 0 Å². The minimum atomic E-state index is -0.646. The van der Waals surface area contributed by atoms with Crippen LogP contribution in [-0.2, 0) is 0 Å². The van der Waals surface area contributed by atoms with E-state index in [0.717, 1.165) is 6.07 Å². The summed E-state index contributed by atoms with van der Waals surface area (Å²) in [6, 6.07) is 2.47. The number of nitrogen functional groups attached to an aromatic ring is 1. The lowest BCUT2D eigenvalue weighted by atomic mass is 10.2. The summed E-state index contributed by atoms with van der Waals surface area (Å²) < 4.78 is 4.81. The maximum Gasteiger partial charge on any atom is 0.285 e. The third-order valence-electron chi connectivity index (χ3n) is 1.65. The summed E-state index contributed by atoms with van der Waals surface area (Å²) in [6.45, 7) is 6.73. The normalized spacial score (nSPS) is 9.14. The fourth-order valence-corrected chi connectivity index (χ4v) is 0.982. The molecule has 1 aromatic rings. The van der Waals surface area contributed by atoms with Gasteiger partial charge in [-0.15, -0.1) is 0 Å². The lowest BCUT2D eigenvalue weighted by molar-refractivity contribution is -0.383. The Morgan fingerprint density at radius 3 is 2.71 bits per heavy atom. The van der Waals surface area contributed by atoms with Gasteiger partial charge in [-0.3, -0.25) is 10.1 Å². The van der Waals surface area contributed by atoms with Crippen molar-refractivity contribution >= 4 is 17.1 Å². The molecule has 0 aromatic heterocycles. The number of nitrogens with two attached hydrogens (primary N) is 1. The van der Waals surface area contributed by atoms with E-state index in [1.807, 2.05) is 0 Å². The topological polar surface area (TPSA) is 82.8 Å². The fraction of sp³-hybridized carbons (Fsp3) is 0.125. The molecule has 0 aliphatic carbocycles. The molecule has 0 saturated heterocycles. The molecule has 0 fully saturated rings. The van der Waals surface area contributed by atoms with Gasteiger partial charge in [0.25, 0.3) is 5.69 Å². The molecule has 14 heavy (non-hydrogen) atoms. The molecule has 0 saturated carbocycles. The number of nitro groups is 1. The third kappa shape index (κ3) is 1.56. The van der Waals surface area contributed by atoms with Gasteiger partial charge in [0.2, 0.25) is 0 Å². The van der Waals surface area contributed by atoms with Crippen molar-refractivity contribution < 1.29 is 9.66 Å². The van der Waals surface area contributed by atoms with E-state index >= 15 is 0 Å². The summed E-state index contributed by atoms with van der Waals surface area (Å²) in [7, 11) is 1.34. The number of hydrogen-bond donors (Lipinski definition) is 1. The molecule has 6 nitrogen and oxygen atoms in total. The second-order valence-electron chi connectivity index (χ2n) is 2.45. The van der Waals surface area contributed by atoms with Crippen molar-refractivity contribution in [1.29, 1.82) is 0 Å². The van der Waals surface area contributed by atoms with Crippen molar-refractivity contribution in [3.05, 3.63) is 33.7 Å². The van der Waals surface area contributed by atoms with Gasteiger partial charge in [-0.05, 0) is 6.07 Å². The number of anilines is 1. The van der Waals surface area contributed by atoms with Gasteiger partial charge < -0.3 is 10.5 Å². The van der Waals surface area contributed by atoms with Crippen molar-refractivity contribution in [3.8, 4) is 5.75 Å². The summed E-state index contributed by atoms with van der Waals surface area (Å²) in [5, 5.41) is 10.5. The monoisotopic (exact) mass is 193 g/mol. The van der Waals surface area contributed by atoms with E-state index in [-0.39, 0.29) is 22.8 Å². The largest absolute Gasteiger partial charge is 0.496 e. The highest BCUT2D eigenvalue weighted by atomic mass is 16.6. The van der Waals surface area contributed by atoms with Crippen molar-refractivity contribution in [2.45, 2.75) is 0 Å². The lowest BCUT2D eigenvalue weighted by Crippen LogP contribution is -1.98. The number of hydrogen-bond acceptors (Lipinski definition) is 4. The van der Waals surface area contributed by atoms with E-state index in [1.165, 1.54) is 13.2 Å². The Morgan fingerprint density at radius 1 is 1.64 bits per heavy atom. The Bertz CT molecular complexity index is 423. The SMILES string of the molecule is [C-]#[N+]c1cc(OC)c(N)c([N+](=O)[O-])c1. The summed E-state index contributed by atoms with van der Waals surface area (Å²) in [4.78, 5) is 13.0. The van der Waals surface area contributed by atoms with Crippen molar-refractivity contribution in [2.24, 2.45) is 0 Å². The molecule has 0 bridgehead atoms. The first kappa shape index (κ1) is 9.80.